The highest BCUT2D eigenvalue weighted by Gasteiger charge is 2.30. The van der Waals surface area contributed by atoms with Crippen LogP contribution in [0.3, 0.4) is 0 Å². The number of carboxylic acid groups (broad SMARTS) is 1. The molecule has 3 unspecified atom stereocenters. The van der Waals surface area contributed by atoms with Crippen molar-refractivity contribution in [3.8, 4) is 0 Å². The van der Waals surface area contributed by atoms with E-state index in [1.165, 1.54) is 0 Å². The zero-order valence-corrected chi connectivity index (χ0v) is 13.7. The van der Waals surface area contributed by atoms with Crippen molar-refractivity contribution in [1.29, 1.82) is 0 Å². The third kappa shape index (κ3) is 4.39. The van der Waals surface area contributed by atoms with E-state index in [1.807, 2.05) is 6.07 Å². The van der Waals surface area contributed by atoms with Crippen LogP contribution in [-0.2, 0) is 11.2 Å². The molecule has 1 aromatic carbocycles. The summed E-state index contributed by atoms with van der Waals surface area (Å²) < 4.78 is 5.31. The van der Waals surface area contributed by atoms with Crippen LogP contribution < -0.4 is 0 Å². The number of aryl methyl sites for hydroxylation is 1. The minimum atomic E-state index is -0.957. The van der Waals surface area contributed by atoms with Crippen molar-refractivity contribution < 1.29 is 19.7 Å². The summed E-state index contributed by atoms with van der Waals surface area (Å²) in [6, 6.07) is 5.05. The lowest BCUT2D eigenvalue weighted by Crippen LogP contribution is -2.39. The van der Waals surface area contributed by atoms with E-state index in [0.29, 0.717) is 5.69 Å². The van der Waals surface area contributed by atoms with Gasteiger partial charge >= 0.3 is 5.97 Å². The van der Waals surface area contributed by atoms with E-state index in [0.717, 1.165) is 37.7 Å². The zero-order valence-electron chi connectivity index (χ0n) is 13.7. The van der Waals surface area contributed by atoms with Gasteiger partial charge in [0.1, 0.15) is 0 Å². The van der Waals surface area contributed by atoms with Gasteiger partial charge in [0.25, 0.3) is 0 Å². The average Bonchev–Trinajstić information content (AvgIpc) is 2.55. The van der Waals surface area contributed by atoms with Gasteiger partial charge in [-0.05, 0) is 37.0 Å². The molecule has 126 valence electrons. The quantitative estimate of drug-likeness (QED) is 0.789. The van der Waals surface area contributed by atoms with Crippen LogP contribution in [0, 0.1) is 5.92 Å². The second-order valence-corrected chi connectivity index (χ2v) is 6.04. The Labute approximate surface area is 137 Å². The van der Waals surface area contributed by atoms with Crippen molar-refractivity contribution >= 4 is 17.9 Å². The zero-order chi connectivity index (χ0) is 16.8. The molecule has 1 saturated carbocycles. The molecular formula is C18H25NO4. The number of aliphatic imine (C=N–C) groups is 1. The largest absolute Gasteiger partial charge is 0.478 e. The maximum atomic E-state index is 11.2. The number of aliphatic hydroxyl groups is 1. The standard InChI is InChI=1S/C18H25NO4/c1-3-5-12-8-9-13(18(21)22)10-15(12)19-11-14-6-4-7-16(23-2)17(14)20/h8-11,14,16-17,20H,3-7H2,1-2H3,(H,21,22). The third-order valence-electron chi connectivity index (χ3n) is 4.41. The molecule has 3 atom stereocenters. The highest BCUT2D eigenvalue weighted by atomic mass is 16.5. The molecule has 0 amide bonds. The van der Waals surface area contributed by atoms with Crippen molar-refractivity contribution in [2.45, 2.75) is 51.2 Å². The fraction of sp³-hybridized carbons (Fsp3) is 0.556. The molecule has 2 N–H and O–H groups in total. The SMILES string of the molecule is CCCc1ccc(C(=O)O)cc1N=CC1CCCC(OC)C1O. The van der Waals surface area contributed by atoms with Crippen LogP contribution in [0.5, 0.6) is 0 Å². The van der Waals surface area contributed by atoms with Gasteiger partial charge in [-0.1, -0.05) is 25.8 Å². The molecule has 0 bridgehead atoms. The molecule has 0 aromatic heterocycles. The summed E-state index contributed by atoms with van der Waals surface area (Å²) in [4.78, 5) is 15.7. The fourth-order valence-electron chi connectivity index (χ4n) is 3.07. The summed E-state index contributed by atoms with van der Waals surface area (Å²) in [5, 5.41) is 19.5. The van der Waals surface area contributed by atoms with Crippen LogP contribution >= 0.6 is 0 Å². The number of methoxy groups -OCH3 is 1. The van der Waals surface area contributed by atoms with Gasteiger partial charge in [-0.2, -0.15) is 0 Å². The Morgan fingerprint density at radius 1 is 1.43 bits per heavy atom. The first kappa shape index (κ1) is 17.6. The minimum Gasteiger partial charge on any atom is -0.478 e. The Hall–Kier alpha value is -1.72. The topological polar surface area (TPSA) is 79.1 Å². The fourth-order valence-corrected chi connectivity index (χ4v) is 3.07. The Morgan fingerprint density at radius 2 is 2.22 bits per heavy atom. The molecule has 0 radical (unpaired) electrons. The number of hydrogen-bond donors (Lipinski definition) is 2. The van der Waals surface area contributed by atoms with Crippen LogP contribution in [0.25, 0.3) is 0 Å². The summed E-state index contributed by atoms with van der Waals surface area (Å²) in [5.74, 6) is -1.02. The van der Waals surface area contributed by atoms with Gasteiger partial charge < -0.3 is 14.9 Å². The number of carboxylic acids is 1. The van der Waals surface area contributed by atoms with Crippen molar-refractivity contribution in [1.82, 2.24) is 0 Å². The number of rotatable bonds is 6. The van der Waals surface area contributed by atoms with Crippen LogP contribution in [0.15, 0.2) is 23.2 Å². The second kappa shape index (κ2) is 8.22. The third-order valence-corrected chi connectivity index (χ3v) is 4.41. The summed E-state index contributed by atoms with van der Waals surface area (Å²) in [5.41, 5.74) is 1.94. The molecular weight excluding hydrogens is 294 g/mol. The van der Waals surface area contributed by atoms with Gasteiger partial charge in [-0.15, -0.1) is 0 Å². The first-order chi connectivity index (χ1) is 11.1. The van der Waals surface area contributed by atoms with Gasteiger partial charge in [0.15, 0.2) is 0 Å². The molecule has 1 fully saturated rings. The molecule has 1 aliphatic rings. The van der Waals surface area contributed by atoms with Gasteiger partial charge in [-0.25, -0.2) is 4.79 Å². The number of hydrogen-bond acceptors (Lipinski definition) is 4. The van der Waals surface area contributed by atoms with Gasteiger partial charge in [0.2, 0.25) is 0 Å². The van der Waals surface area contributed by atoms with Crippen LogP contribution in [0.2, 0.25) is 0 Å². The lowest BCUT2D eigenvalue weighted by atomic mass is 9.85. The summed E-state index contributed by atoms with van der Waals surface area (Å²) in [6.07, 6.45) is 5.58. The highest BCUT2D eigenvalue weighted by Crippen LogP contribution is 2.28. The molecule has 5 heteroatoms. The number of aromatic carboxylic acids is 1. The van der Waals surface area contributed by atoms with E-state index in [-0.39, 0.29) is 17.6 Å². The molecule has 2 rings (SSSR count). The number of benzene rings is 1. The Morgan fingerprint density at radius 3 is 2.87 bits per heavy atom. The first-order valence-electron chi connectivity index (χ1n) is 8.18. The Balaban J connectivity index is 2.22. The van der Waals surface area contributed by atoms with Crippen molar-refractivity contribution in [2.75, 3.05) is 7.11 Å². The van der Waals surface area contributed by atoms with Crippen LogP contribution in [-0.4, -0.2) is 41.7 Å². The lowest BCUT2D eigenvalue weighted by molar-refractivity contribution is -0.0497. The van der Waals surface area contributed by atoms with E-state index in [9.17, 15) is 9.90 Å². The predicted octanol–water partition coefficient (Wildman–Crippen LogP) is 3.22. The first-order valence-corrected chi connectivity index (χ1v) is 8.18. The molecule has 1 aliphatic carbocycles. The molecule has 0 heterocycles. The lowest BCUT2D eigenvalue weighted by Gasteiger charge is -2.31. The number of nitrogens with zero attached hydrogens (tertiary/aromatic N) is 1. The second-order valence-electron chi connectivity index (χ2n) is 6.04. The monoisotopic (exact) mass is 319 g/mol. The Bertz CT molecular complexity index is 570. The van der Waals surface area contributed by atoms with E-state index in [4.69, 9.17) is 9.84 Å². The predicted molar refractivity (Wildman–Crippen MR) is 89.7 cm³/mol. The highest BCUT2D eigenvalue weighted by molar-refractivity contribution is 5.89. The average molecular weight is 319 g/mol. The smallest absolute Gasteiger partial charge is 0.335 e. The normalized spacial score (nSPS) is 24.9. The molecule has 0 aliphatic heterocycles. The summed E-state index contributed by atoms with van der Waals surface area (Å²) in [7, 11) is 1.61. The number of carbonyl (C=O) groups is 1. The van der Waals surface area contributed by atoms with E-state index in [2.05, 4.69) is 11.9 Å². The number of aliphatic hydroxyl groups excluding tert-OH is 1. The summed E-state index contributed by atoms with van der Waals surface area (Å²) in [6.45, 7) is 2.08. The maximum absolute atomic E-state index is 11.2. The van der Waals surface area contributed by atoms with Gasteiger partial charge in [0.05, 0.1) is 23.5 Å². The van der Waals surface area contributed by atoms with Crippen molar-refractivity contribution in [2.24, 2.45) is 10.9 Å². The minimum absolute atomic E-state index is 0.0586. The molecule has 23 heavy (non-hydrogen) atoms. The van der Waals surface area contributed by atoms with Crippen molar-refractivity contribution in [3.63, 3.8) is 0 Å². The van der Waals surface area contributed by atoms with Gasteiger partial charge in [-0.3, -0.25) is 4.99 Å². The van der Waals surface area contributed by atoms with Crippen LogP contribution in [0.4, 0.5) is 5.69 Å². The molecule has 5 nitrogen and oxygen atoms in total. The molecule has 0 spiro atoms. The molecule has 1 aromatic rings. The number of ether oxygens (including phenoxy) is 1. The van der Waals surface area contributed by atoms with Gasteiger partial charge in [0, 0.05) is 19.2 Å². The van der Waals surface area contributed by atoms with E-state index >= 15 is 0 Å². The van der Waals surface area contributed by atoms with E-state index < -0.39 is 12.1 Å². The van der Waals surface area contributed by atoms with Crippen molar-refractivity contribution in [3.05, 3.63) is 29.3 Å². The van der Waals surface area contributed by atoms with Crippen LogP contribution in [0.1, 0.15) is 48.5 Å². The Kier molecular flexibility index (Phi) is 6.30. The maximum Gasteiger partial charge on any atom is 0.335 e. The molecule has 0 saturated heterocycles. The van der Waals surface area contributed by atoms with E-state index in [1.54, 1.807) is 25.5 Å². The summed E-state index contributed by atoms with van der Waals surface area (Å²) >= 11 is 0.